The van der Waals surface area contributed by atoms with Gasteiger partial charge in [0.05, 0.1) is 6.54 Å². The Balaban J connectivity index is 2.99. The molecule has 0 bridgehead atoms. The zero-order valence-electron chi connectivity index (χ0n) is 20.3. The predicted octanol–water partition coefficient (Wildman–Crippen LogP) is -2.09. The minimum Gasteiger partial charge on any atom is -0.480 e. The van der Waals surface area contributed by atoms with E-state index in [2.05, 4.69) is 20.9 Å². The van der Waals surface area contributed by atoms with Gasteiger partial charge in [-0.25, -0.2) is 4.79 Å². The van der Waals surface area contributed by atoms with E-state index in [0.717, 1.165) is 5.56 Å². The first-order valence-corrected chi connectivity index (χ1v) is 11.8. The molecule has 0 heterocycles. The highest BCUT2D eigenvalue weighted by Crippen LogP contribution is 2.07. The quantitative estimate of drug-likeness (QED) is 0.0655. The first-order valence-electron chi connectivity index (χ1n) is 11.8. The van der Waals surface area contributed by atoms with Crippen molar-refractivity contribution >= 4 is 29.7 Å². The Morgan fingerprint density at radius 3 is 1.97 bits per heavy atom. The molecule has 0 aliphatic rings. The van der Waals surface area contributed by atoms with Gasteiger partial charge in [0.1, 0.15) is 18.1 Å². The van der Waals surface area contributed by atoms with Crippen LogP contribution < -0.4 is 38.9 Å². The van der Waals surface area contributed by atoms with Gasteiger partial charge >= 0.3 is 5.97 Å². The molecule has 13 nitrogen and oxygen atoms in total. The SMILES string of the molecule is NCCCCC(NC(=O)CN)C(=O)NC(CCCN=C(N)N)C(=O)NC(Cc1ccccc1)C(=O)O. The molecule has 1 aromatic carbocycles. The number of benzene rings is 1. The van der Waals surface area contributed by atoms with E-state index in [1.54, 1.807) is 30.3 Å². The first-order chi connectivity index (χ1) is 17.2. The molecule has 12 N–H and O–H groups in total. The average Bonchev–Trinajstić information content (AvgIpc) is 2.84. The number of guanidine groups is 1. The summed E-state index contributed by atoms with van der Waals surface area (Å²) in [7, 11) is 0. The van der Waals surface area contributed by atoms with Crippen molar-refractivity contribution in [1.29, 1.82) is 0 Å². The molecule has 1 rings (SSSR count). The van der Waals surface area contributed by atoms with Crippen LogP contribution in [0.4, 0.5) is 0 Å². The number of amides is 3. The lowest BCUT2D eigenvalue weighted by Crippen LogP contribution is -2.56. The zero-order valence-corrected chi connectivity index (χ0v) is 20.3. The molecule has 0 spiro atoms. The number of nitrogens with one attached hydrogen (secondary N) is 3. The molecular formula is C23H38N8O5. The fourth-order valence-electron chi connectivity index (χ4n) is 3.38. The smallest absolute Gasteiger partial charge is 0.326 e. The van der Waals surface area contributed by atoms with Crippen molar-refractivity contribution in [2.24, 2.45) is 27.9 Å². The maximum Gasteiger partial charge on any atom is 0.326 e. The van der Waals surface area contributed by atoms with E-state index in [9.17, 15) is 24.3 Å². The Bertz CT molecular complexity index is 877. The Morgan fingerprint density at radius 2 is 1.42 bits per heavy atom. The molecule has 0 saturated carbocycles. The Labute approximate surface area is 210 Å². The van der Waals surface area contributed by atoms with Gasteiger partial charge < -0.3 is 44.0 Å². The fraction of sp³-hybridized carbons (Fsp3) is 0.522. The highest BCUT2D eigenvalue weighted by molar-refractivity contribution is 5.93. The molecule has 1 aromatic rings. The van der Waals surface area contributed by atoms with E-state index < -0.39 is 41.8 Å². The van der Waals surface area contributed by atoms with E-state index >= 15 is 0 Å². The van der Waals surface area contributed by atoms with Gasteiger partial charge in [-0.05, 0) is 44.2 Å². The molecule has 0 aliphatic carbocycles. The van der Waals surface area contributed by atoms with Crippen LogP contribution in [0.25, 0.3) is 0 Å². The van der Waals surface area contributed by atoms with E-state index in [0.29, 0.717) is 32.2 Å². The summed E-state index contributed by atoms with van der Waals surface area (Å²) in [6.45, 7) is 0.327. The third-order valence-corrected chi connectivity index (χ3v) is 5.26. The molecule has 3 unspecified atom stereocenters. The van der Waals surface area contributed by atoms with Crippen LogP contribution >= 0.6 is 0 Å². The van der Waals surface area contributed by atoms with Gasteiger partial charge in [-0.3, -0.25) is 19.4 Å². The number of aliphatic carboxylic acids is 1. The van der Waals surface area contributed by atoms with Gasteiger partial charge in [-0.1, -0.05) is 30.3 Å². The maximum absolute atomic E-state index is 13.1. The largest absolute Gasteiger partial charge is 0.480 e. The van der Waals surface area contributed by atoms with Crippen molar-refractivity contribution in [2.45, 2.75) is 56.7 Å². The number of carbonyl (C=O) groups is 4. The summed E-state index contributed by atoms with van der Waals surface area (Å²) < 4.78 is 0. The van der Waals surface area contributed by atoms with Gasteiger partial charge in [0.15, 0.2) is 5.96 Å². The fourth-order valence-corrected chi connectivity index (χ4v) is 3.38. The molecule has 3 amide bonds. The molecule has 200 valence electrons. The van der Waals surface area contributed by atoms with Crippen molar-refractivity contribution in [3.05, 3.63) is 35.9 Å². The summed E-state index contributed by atoms with van der Waals surface area (Å²) in [6, 6.07) is 5.61. The molecule has 0 saturated heterocycles. The minimum atomic E-state index is -1.22. The standard InChI is InChI=1S/C23H38N8O5/c24-11-5-4-9-16(29-19(32)14-25)20(33)30-17(10-6-12-28-23(26)27)21(34)31-18(22(35)36)13-15-7-2-1-3-8-15/h1-3,7-8,16-18H,4-6,9-14,24-25H2,(H,29,32)(H,30,33)(H,31,34)(H,35,36)(H4,26,27,28). The number of carbonyl (C=O) groups excluding carboxylic acids is 3. The van der Waals surface area contributed by atoms with Crippen LogP contribution in [-0.4, -0.2) is 72.5 Å². The van der Waals surface area contributed by atoms with Gasteiger partial charge in [0.25, 0.3) is 0 Å². The summed E-state index contributed by atoms with van der Waals surface area (Å²) in [5, 5.41) is 17.3. The van der Waals surface area contributed by atoms with Crippen molar-refractivity contribution < 1.29 is 24.3 Å². The Hall–Kier alpha value is -3.71. The number of nitrogens with zero attached hydrogens (tertiary/aromatic N) is 1. The monoisotopic (exact) mass is 506 g/mol. The topological polar surface area (TPSA) is 241 Å². The van der Waals surface area contributed by atoms with Crippen LogP contribution in [0.1, 0.15) is 37.7 Å². The maximum atomic E-state index is 13.1. The van der Waals surface area contributed by atoms with E-state index in [1.165, 1.54) is 0 Å². The average molecular weight is 507 g/mol. The number of aliphatic imine (C=N–C) groups is 1. The van der Waals surface area contributed by atoms with Crippen LogP contribution in [0.5, 0.6) is 0 Å². The van der Waals surface area contributed by atoms with E-state index in [4.69, 9.17) is 22.9 Å². The second kappa shape index (κ2) is 16.8. The lowest BCUT2D eigenvalue weighted by Gasteiger charge is -2.24. The first kappa shape index (κ1) is 30.3. The number of nitrogens with two attached hydrogens (primary N) is 4. The van der Waals surface area contributed by atoms with Gasteiger partial charge in [-0.15, -0.1) is 0 Å². The summed E-state index contributed by atoms with van der Waals surface area (Å²) in [6.07, 6.45) is 2.03. The van der Waals surface area contributed by atoms with Crippen molar-refractivity contribution in [3.63, 3.8) is 0 Å². The lowest BCUT2D eigenvalue weighted by atomic mass is 10.0. The predicted molar refractivity (Wildman–Crippen MR) is 135 cm³/mol. The molecule has 0 aliphatic heterocycles. The van der Waals surface area contributed by atoms with Gasteiger partial charge in [-0.2, -0.15) is 0 Å². The zero-order chi connectivity index (χ0) is 26.9. The number of rotatable bonds is 17. The number of hydrogen-bond donors (Lipinski definition) is 8. The number of carboxylic acid groups (broad SMARTS) is 1. The molecule has 0 fully saturated rings. The third kappa shape index (κ3) is 12.1. The summed E-state index contributed by atoms with van der Waals surface area (Å²) in [4.78, 5) is 53.6. The minimum absolute atomic E-state index is 0.0604. The molecule has 13 heteroatoms. The number of hydrogen-bond acceptors (Lipinski definition) is 7. The summed E-state index contributed by atoms with van der Waals surface area (Å²) >= 11 is 0. The Kier molecular flexibility index (Phi) is 14.2. The van der Waals surface area contributed by atoms with Crippen molar-refractivity contribution in [1.82, 2.24) is 16.0 Å². The summed E-state index contributed by atoms with van der Waals surface area (Å²) in [5.74, 6) is -3.12. The van der Waals surface area contributed by atoms with Gasteiger partial charge in [0, 0.05) is 13.0 Å². The third-order valence-electron chi connectivity index (χ3n) is 5.26. The molecule has 0 aromatic heterocycles. The highest BCUT2D eigenvalue weighted by Gasteiger charge is 2.29. The van der Waals surface area contributed by atoms with Crippen molar-refractivity contribution in [2.75, 3.05) is 19.6 Å². The molecular weight excluding hydrogens is 468 g/mol. The highest BCUT2D eigenvalue weighted by atomic mass is 16.4. The number of carboxylic acids is 1. The lowest BCUT2D eigenvalue weighted by molar-refractivity contribution is -0.142. The van der Waals surface area contributed by atoms with Crippen molar-refractivity contribution in [3.8, 4) is 0 Å². The van der Waals surface area contributed by atoms with E-state index in [1.807, 2.05) is 0 Å². The van der Waals surface area contributed by atoms with E-state index in [-0.39, 0.29) is 31.9 Å². The Morgan fingerprint density at radius 1 is 0.833 bits per heavy atom. The van der Waals surface area contributed by atoms with Crippen LogP contribution in [-0.2, 0) is 25.6 Å². The normalized spacial score (nSPS) is 13.1. The second-order valence-corrected chi connectivity index (χ2v) is 8.21. The van der Waals surface area contributed by atoms with Crippen LogP contribution in [0.2, 0.25) is 0 Å². The van der Waals surface area contributed by atoms with Gasteiger partial charge in [0.2, 0.25) is 17.7 Å². The molecule has 0 radical (unpaired) electrons. The number of unbranched alkanes of at least 4 members (excludes halogenated alkanes) is 1. The second-order valence-electron chi connectivity index (χ2n) is 8.21. The van der Waals surface area contributed by atoms with Crippen LogP contribution in [0.3, 0.4) is 0 Å². The van der Waals surface area contributed by atoms with Crippen LogP contribution in [0, 0.1) is 0 Å². The summed E-state index contributed by atoms with van der Waals surface area (Å²) in [5.41, 5.74) is 22.3. The van der Waals surface area contributed by atoms with Crippen LogP contribution in [0.15, 0.2) is 35.3 Å². The molecule has 36 heavy (non-hydrogen) atoms. The molecule has 3 atom stereocenters.